The van der Waals surface area contributed by atoms with Gasteiger partial charge in [-0.2, -0.15) is 0 Å². The van der Waals surface area contributed by atoms with E-state index in [4.69, 9.17) is 22.1 Å². The van der Waals surface area contributed by atoms with E-state index in [-0.39, 0.29) is 44.8 Å². The van der Waals surface area contributed by atoms with Crippen molar-refractivity contribution in [3.05, 3.63) is 75.8 Å². The average Bonchev–Trinajstić information content (AvgIpc) is 3.36. The van der Waals surface area contributed by atoms with Crippen LogP contribution in [0.15, 0.2) is 47.2 Å². The molecule has 0 unspecified atom stereocenters. The Balaban J connectivity index is 1.54. The van der Waals surface area contributed by atoms with E-state index in [1.165, 1.54) is 49.3 Å². The highest BCUT2D eigenvalue weighted by Crippen LogP contribution is 2.30. The quantitative estimate of drug-likeness (QED) is 0.254. The lowest BCUT2D eigenvalue weighted by molar-refractivity contribution is 0.0736. The van der Waals surface area contributed by atoms with Gasteiger partial charge in [0.15, 0.2) is 17.5 Å². The van der Waals surface area contributed by atoms with E-state index in [1.54, 1.807) is 24.0 Å². The van der Waals surface area contributed by atoms with Gasteiger partial charge in [0.25, 0.3) is 11.8 Å². The summed E-state index contributed by atoms with van der Waals surface area (Å²) in [5, 5.41) is 6.07. The first-order valence-corrected chi connectivity index (χ1v) is 13.6. The third kappa shape index (κ3) is 6.67. The lowest BCUT2D eigenvalue weighted by atomic mass is 10.0. The lowest BCUT2D eigenvalue weighted by Crippen LogP contribution is -2.46. The third-order valence-corrected chi connectivity index (χ3v) is 7.08. The molecule has 13 heteroatoms. The summed E-state index contributed by atoms with van der Waals surface area (Å²) in [6.45, 7) is 4.85. The minimum absolute atomic E-state index is 0.0466. The van der Waals surface area contributed by atoms with E-state index in [1.807, 2.05) is 0 Å². The number of carbonyl (C=O) groups is 2. The first-order chi connectivity index (χ1) is 20.1. The SMILES string of the molecule is COCCN=C/C(=C(/C)N)c1ccc(-c2cnc(C(=O)Nc3ccc(C(=O)N4CCNCC4)c(Cl)c3)n2C)c(F)c1F. The number of nitrogens with zero attached hydrogens (tertiary/aromatic N) is 4. The van der Waals surface area contributed by atoms with Crippen LogP contribution in [-0.2, 0) is 11.8 Å². The molecule has 4 rings (SSSR count). The number of amides is 2. The van der Waals surface area contributed by atoms with E-state index in [9.17, 15) is 9.59 Å². The second kappa shape index (κ2) is 13.7. The molecule has 2 amide bonds. The predicted molar refractivity (Wildman–Crippen MR) is 159 cm³/mol. The zero-order chi connectivity index (χ0) is 30.4. The summed E-state index contributed by atoms with van der Waals surface area (Å²) < 4.78 is 36.9. The number of imidazole rings is 1. The molecule has 42 heavy (non-hydrogen) atoms. The highest BCUT2D eigenvalue weighted by Gasteiger charge is 2.24. The Morgan fingerprint density at radius 2 is 1.90 bits per heavy atom. The molecule has 2 aromatic carbocycles. The Labute approximate surface area is 247 Å². The summed E-state index contributed by atoms with van der Waals surface area (Å²) in [4.78, 5) is 35.9. The van der Waals surface area contributed by atoms with Crippen LogP contribution in [0, 0.1) is 11.6 Å². The fourth-order valence-electron chi connectivity index (χ4n) is 4.50. The number of hydrogen-bond acceptors (Lipinski definition) is 7. The molecule has 1 aliphatic heterocycles. The minimum Gasteiger partial charge on any atom is -0.402 e. The molecular weight excluding hydrogens is 568 g/mol. The van der Waals surface area contributed by atoms with Crippen molar-refractivity contribution in [3.8, 4) is 11.3 Å². The average molecular weight is 600 g/mol. The number of piperazine rings is 1. The number of rotatable bonds is 9. The van der Waals surface area contributed by atoms with Crippen molar-refractivity contribution in [2.24, 2.45) is 17.8 Å². The molecule has 3 aromatic rings. The third-order valence-electron chi connectivity index (χ3n) is 6.77. The molecule has 1 fully saturated rings. The molecule has 10 nitrogen and oxygen atoms in total. The molecule has 0 spiro atoms. The van der Waals surface area contributed by atoms with Gasteiger partial charge >= 0.3 is 0 Å². The number of carbonyl (C=O) groups excluding carboxylic acids is 2. The van der Waals surface area contributed by atoms with Gasteiger partial charge in [0.1, 0.15) is 0 Å². The second-order valence-electron chi connectivity index (χ2n) is 9.63. The molecule has 2 heterocycles. The van der Waals surface area contributed by atoms with Crippen LogP contribution in [0.5, 0.6) is 0 Å². The van der Waals surface area contributed by atoms with Crippen LogP contribution < -0.4 is 16.4 Å². The first kappa shape index (κ1) is 30.8. The number of methoxy groups -OCH3 is 1. The number of aromatic nitrogens is 2. The van der Waals surface area contributed by atoms with Gasteiger partial charge in [0.05, 0.1) is 35.6 Å². The number of anilines is 1. The normalized spacial score (nSPS) is 14.3. The fraction of sp³-hybridized carbons (Fsp3) is 0.310. The van der Waals surface area contributed by atoms with Gasteiger partial charge in [0.2, 0.25) is 0 Å². The van der Waals surface area contributed by atoms with E-state index in [2.05, 4.69) is 20.6 Å². The summed E-state index contributed by atoms with van der Waals surface area (Å²) in [7, 11) is 3.05. The summed E-state index contributed by atoms with van der Waals surface area (Å²) in [5.74, 6) is -3.06. The summed E-state index contributed by atoms with van der Waals surface area (Å²) in [6.07, 6.45) is 2.67. The van der Waals surface area contributed by atoms with Crippen LogP contribution in [0.25, 0.3) is 16.8 Å². The molecule has 0 saturated carbocycles. The zero-order valence-electron chi connectivity index (χ0n) is 23.5. The van der Waals surface area contributed by atoms with Crippen LogP contribution in [0.1, 0.15) is 33.5 Å². The van der Waals surface area contributed by atoms with Gasteiger partial charge in [-0.25, -0.2) is 13.8 Å². The molecule has 1 saturated heterocycles. The maximum Gasteiger partial charge on any atom is 0.291 e. The molecule has 0 radical (unpaired) electrons. The van der Waals surface area contributed by atoms with Gasteiger partial charge in [-0.05, 0) is 31.2 Å². The fourth-order valence-corrected chi connectivity index (χ4v) is 4.76. The predicted octanol–water partition coefficient (Wildman–Crippen LogP) is 3.72. The standard InChI is InChI=1S/C29H32ClF2N7O3/c1-17(33)22(15-35-10-13-42-3)19-6-7-21(26(32)25(19)31)24-16-36-27(38(24)2)28(40)37-18-4-5-20(23(30)14-18)29(41)39-11-8-34-9-12-39/h4-7,14-16,34H,8-13,33H2,1-3H3,(H,37,40)/b22-17+,35-15?. The van der Waals surface area contributed by atoms with E-state index >= 15 is 8.78 Å². The highest BCUT2D eigenvalue weighted by molar-refractivity contribution is 6.34. The number of nitrogens with one attached hydrogen (secondary N) is 2. The molecule has 222 valence electrons. The largest absolute Gasteiger partial charge is 0.402 e. The molecule has 0 atom stereocenters. The molecular formula is C29H32ClF2N7O3. The van der Waals surface area contributed by atoms with Crippen LogP contribution in [0.4, 0.5) is 14.5 Å². The maximum atomic E-state index is 15.3. The van der Waals surface area contributed by atoms with Gasteiger partial charge in [0, 0.05) is 74.6 Å². The number of ether oxygens (including phenoxy) is 1. The Hall–Kier alpha value is -4.13. The van der Waals surface area contributed by atoms with Crippen molar-refractivity contribution >= 4 is 40.9 Å². The van der Waals surface area contributed by atoms with Crippen molar-refractivity contribution < 1.29 is 23.1 Å². The molecule has 0 aliphatic carbocycles. The van der Waals surface area contributed by atoms with E-state index in [0.29, 0.717) is 50.6 Å². The Morgan fingerprint density at radius 3 is 2.57 bits per heavy atom. The minimum atomic E-state index is -1.12. The highest BCUT2D eigenvalue weighted by atomic mass is 35.5. The number of allylic oxidation sites excluding steroid dienone is 2. The van der Waals surface area contributed by atoms with Crippen LogP contribution in [-0.4, -0.2) is 78.9 Å². The smallest absolute Gasteiger partial charge is 0.291 e. The Kier molecular flexibility index (Phi) is 10.0. The number of aliphatic imine (C=N–C) groups is 1. The molecule has 4 N–H and O–H groups in total. The van der Waals surface area contributed by atoms with Crippen molar-refractivity contribution in [2.45, 2.75) is 6.92 Å². The molecule has 0 bridgehead atoms. The summed E-state index contributed by atoms with van der Waals surface area (Å²) in [6, 6.07) is 7.40. The van der Waals surface area contributed by atoms with Gasteiger partial charge in [-0.15, -0.1) is 0 Å². The summed E-state index contributed by atoms with van der Waals surface area (Å²) in [5.41, 5.74) is 7.16. The van der Waals surface area contributed by atoms with Gasteiger partial charge < -0.3 is 30.6 Å². The van der Waals surface area contributed by atoms with Crippen molar-refractivity contribution in [2.75, 3.05) is 51.8 Å². The Morgan fingerprint density at radius 1 is 1.19 bits per heavy atom. The number of nitrogens with two attached hydrogens (primary N) is 1. The number of benzene rings is 2. The van der Waals surface area contributed by atoms with Crippen molar-refractivity contribution in [3.63, 3.8) is 0 Å². The van der Waals surface area contributed by atoms with Crippen molar-refractivity contribution in [1.29, 1.82) is 0 Å². The molecule has 1 aliphatic rings. The topological polar surface area (TPSA) is 127 Å². The molecule has 1 aromatic heterocycles. The number of halogens is 3. The van der Waals surface area contributed by atoms with Gasteiger partial charge in [-0.3, -0.25) is 14.6 Å². The van der Waals surface area contributed by atoms with Crippen molar-refractivity contribution in [1.82, 2.24) is 19.8 Å². The van der Waals surface area contributed by atoms with Crippen LogP contribution in [0.2, 0.25) is 5.02 Å². The second-order valence-corrected chi connectivity index (χ2v) is 10.0. The first-order valence-electron chi connectivity index (χ1n) is 13.2. The number of hydrogen-bond donors (Lipinski definition) is 3. The van der Waals surface area contributed by atoms with E-state index < -0.39 is 17.5 Å². The lowest BCUT2D eigenvalue weighted by Gasteiger charge is -2.27. The maximum absolute atomic E-state index is 15.3. The monoisotopic (exact) mass is 599 g/mol. The Bertz CT molecular complexity index is 1540. The van der Waals surface area contributed by atoms with Gasteiger partial charge in [-0.1, -0.05) is 17.7 Å². The van der Waals surface area contributed by atoms with Crippen LogP contribution >= 0.6 is 11.6 Å². The van der Waals surface area contributed by atoms with Crippen LogP contribution in [0.3, 0.4) is 0 Å². The zero-order valence-corrected chi connectivity index (χ0v) is 24.3. The van der Waals surface area contributed by atoms with E-state index in [0.717, 1.165) is 0 Å². The summed E-state index contributed by atoms with van der Waals surface area (Å²) >= 11 is 6.38.